The lowest BCUT2D eigenvalue weighted by Gasteiger charge is -2.37. The monoisotopic (exact) mass is 199 g/mol. The van der Waals surface area contributed by atoms with Crippen molar-refractivity contribution in [1.82, 2.24) is 9.80 Å². The Kier molecular flexibility index (Phi) is 3.93. The number of hydrogen-bond donors (Lipinski definition) is 1. The summed E-state index contributed by atoms with van der Waals surface area (Å²) in [6.45, 7) is 7.66. The predicted octanol–water partition coefficient (Wildman–Crippen LogP) is 0.750. The molecule has 1 heterocycles. The van der Waals surface area contributed by atoms with E-state index in [0.717, 1.165) is 13.0 Å². The van der Waals surface area contributed by atoms with Gasteiger partial charge in [0.25, 0.3) is 0 Å². The first-order valence-corrected chi connectivity index (χ1v) is 5.65. The van der Waals surface area contributed by atoms with Gasteiger partial charge < -0.3 is 10.6 Å². The average Bonchev–Trinajstić information content (AvgIpc) is 2.66. The number of likely N-dealkylation sites (tertiary alicyclic amines) is 1. The summed E-state index contributed by atoms with van der Waals surface area (Å²) in [5.41, 5.74) is 6.08. The topological polar surface area (TPSA) is 32.5 Å². The molecule has 1 aliphatic heterocycles. The molecule has 14 heavy (non-hydrogen) atoms. The molecule has 1 aliphatic rings. The molecule has 3 heteroatoms. The van der Waals surface area contributed by atoms with E-state index in [9.17, 15) is 0 Å². The van der Waals surface area contributed by atoms with Gasteiger partial charge >= 0.3 is 0 Å². The van der Waals surface area contributed by atoms with Crippen molar-refractivity contribution in [2.45, 2.75) is 38.3 Å². The molecule has 2 N–H and O–H groups in total. The van der Waals surface area contributed by atoms with Crippen LogP contribution in [0.25, 0.3) is 0 Å². The summed E-state index contributed by atoms with van der Waals surface area (Å²) < 4.78 is 0. The summed E-state index contributed by atoms with van der Waals surface area (Å²) in [5.74, 6) is 0. The summed E-state index contributed by atoms with van der Waals surface area (Å²) in [7, 11) is 4.33. The second-order valence-electron chi connectivity index (χ2n) is 4.91. The SMILES string of the molecule is CCC(C)(CN)N1CCC(N(C)C)C1. The number of likely N-dealkylation sites (N-methyl/N-ethyl adjacent to an activating group) is 1. The van der Waals surface area contributed by atoms with Gasteiger partial charge in [-0.3, -0.25) is 4.90 Å². The Labute approximate surface area is 88.2 Å². The van der Waals surface area contributed by atoms with Crippen molar-refractivity contribution in [2.24, 2.45) is 5.73 Å². The van der Waals surface area contributed by atoms with E-state index in [-0.39, 0.29) is 5.54 Å². The molecule has 0 aliphatic carbocycles. The van der Waals surface area contributed by atoms with E-state index in [1.807, 2.05) is 0 Å². The Morgan fingerprint density at radius 1 is 1.50 bits per heavy atom. The van der Waals surface area contributed by atoms with E-state index >= 15 is 0 Å². The Balaban J connectivity index is 2.56. The van der Waals surface area contributed by atoms with Crippen LogP contribution < -0.4 is 5.73 Å². The summed E-state index contributed by atoms with van der Waals surface area (Å²) in [5, 5.41) is 0. The first-order valence-electron chi connectivity index (χ1n) is 5.65. The molecule has 84 valence electrons. The molecule has 3 nitrogen and oxygen atoms in total. The molecule has 1 saturated heterocycles. The summed E-state index contributed by atoms with van der Waals surface area (Å²) in [6.07, 6.45) is 2.42. The van der Waals surface area contributed by atoms with Crippen LogP contribution in [0.4, 0.5) is 0 Å². The highest BCUT2D eigenvalue weighted by atomic mass is 15.3. The van der Waals surface area contributed by atoms with Crippen LogP contribution in [0.5, 0.6) is 0 Å². The van der Waals surface area contributed by atoms with Crippen LogP contribution in [-0.2, 0) is 0 Å². The minimum Gasteiger partial charge on any atom is -0.329 e. The van der Waals surface area contributed by atoms with E-state index < -0.39 is 0 Å². The number of nitrogens with zero attached hydrogens (tertiary/aromatic N) is 2. The van der Waals surface area contributed by atoms with Crippen LogP contribution in [0.15, 0.2) is 0 Å². The van der Waals surface area contributed by atoms with Crippen molar-refractivity contribution in [3.05, 3.63) is 0 Å². The molecule has 1 fully saturated rings. The largest absolute Gasteiger partial charge is 0.329 e. The Bertz CT molecular complexity index is 175. The van der Waals surface area contributed by atoms with Crippen molar-refractivity contribution >= 4 is 0 Å². The second-order valence-corrected chi connectivity index (χ2v) is 4.91. The third kappa shape index (κ3) is 2.27. The molecule has 0 amide bonds. The molecule has 2 atom stereocenters. The summed E-state index contributed by atoms with van der Waals surface area (Å²) >= 11 is 0. The van der Waals surface area contributed by atoms with E-state index in [2.05, 4.69) is 37.7 Å². The minimum absolute atomic E-state index is 0.213. The third-order valence-electron chi connectivity index (χ3n) is 3.86. The number of rotatable bonds is 4. The zero-order valence-corrected chi connectivity index (χ0v) is 10.1. The first-order chi connectivity index (χ1) is 6.53. The highest BCUT2D eigenvalue weighted by molar-refractivity contribution is 4.93. The van der Waals surface area contributed by atoms with Gasteiger partial charge in [-0.25, -0.2) is 0 Å². The van der Waals surface area contributed by atoms with Crippen LogP contribution in [0.3, 0.4) is 0 Å². The van der Waals surface area contributed by atoms with Crippen LogP contribution in [0.2, 0.25) is 0 Å². The summed E-state index contributed by atoms with van der Waals surface area (Å²) in [4.78, 5) is 4.88. The average molecular weight is 199 g/mol. The quantitative estimate of drug-likeness (QED) is 0.725. The maximum Gasteiger partial charge on any atom is 0.0301 e. The van der Waals surface area contributed by atoms with E-state index in [1.54, 1.807) is 0 Å². The lowest BCUT2D eigenvalue weighted by Crippen LogP contribution is -2.51. The molecule has 1 rings (SSSR count). The van der Waals surface area contributed by atoms with Crippen molar-refractivity contribution in [2.75, 3.05) is 33.7 Å². The van der Waals surface area contributed by atoms with Gasteiger partial charge in [-0.05, 0) is 33.9 Å². The summed E-state index contributed by atoms with van der Waals surface area (Å²) in [6, 6.07) is 0.715. The minimum atomic E-state index is 0.213. The first kappa shape index (κ1) is 12.0. The van der Waals surface area contributed by atoms with Gasteiger partial charge in [-0.2, -0.15) is 0 Å². The maximum atomic E-state index is 5.86. The molecular formula is C11H25N3. The molecule has 0 aromatic rings. The zero-order valence-electron chi connectivity index (χ0n) is 10.1. The molecular weight excluding hydrogens is 174 g/mol. The number of nitrogens with two attached hydrogens (primary N) is 1. The van der Waals surface area contributed by atoms with Gasteiger partial charge in [0.05, 0.1) is 0 Å². The standard InChI is InChI=1S/C11H25N3/c1-5-11(2,9-12)14-7-6-10(8-14)13(3)4/h10H,5-9,12H2,1-4H3. The Hall–Kier alpha value is -0.120. The van der Waals surface area contributed by atoms with Crippen LogP contribution in [0.1, 0.15) is 26.7 Å². The fraction of sp³-hybridized carbons (Fsp3) is 1.00. The van der Waals surface area contributed by atoms with Crippen molar-refractivity contribution in [3.8, 4) is 0 Å². The predicted molar refractivity (Wildman–Crippen MR) is 61.4 cm³/mol. The Morgan fingerprint density at radius 3 is 2.50 bits per heavy atom. The Morgan fingerprint density at radius 2 is 2.14 bits per heavy atom. The van der Waals surface area contributed by atoms with Gasteiger partial charge in [-0.15, -0.1) is 0 Å². The van der Waals surface area contributed by atoms with Crippen molar-refractivity contribution < 1.29 is 0 Å². The molecule has 0 spiro atoms. The number of hydrogen-bond acceptors (Lipinski definition) is 3. The van der Waals surface area contributed by atoms with E-state index in [4.69, 9.17) is 5.73 Å². The van der Waals surface area contributed by atoms with Gasteiger partial charge in [-0.1, -0.05) is 6.92 Å². The molecule has 0 bridgehead atoms. The fourth-order valence-corrected chi connectivity index (χ4v) is 2.15. The highest BCUT2D eigenvalue weighted by Gasteiger charge is 2.35. The van der Waals surface area contributed by atoms with Gasteiger partial charge in [0, 0.05) is 31.2 Å². The van der Waals surface area contributed by atoms with E-state index in [1.165, 1.54) is 19.5 Å². The van der Waals surface area contributed by atoms with Crippen molar-refractivity contribution in [3.63, 3.8) is 0 Å². The molecule has 0 radical (unpaired) electrons. The van der Waals surface area contributed by atoms with Crippen LogP contribution >= 0.6 is 0 Å². The maximum absolute atomic E-state index is 5.86. The van der Waals surface area contributed by atoms with Crippen LogP contribution in [0, 0.1) is 0 Å². The van der Waals surface area contributed by atoms with Gasteiger partial charge in [0.15, 0.2) is 0 Å². The third-order valence-corrected chi connectivity index (χ3v) is 3.86. The van der Waals surface area contributed by atoms with E-state index in [0.29, 0.717) is 6.04 Å². The molecule has 0 saturated carbocycles. The normalized spacial score (nSPS) is 28.3. The molecule has 0 aromatic heterocycles. The van der Waals surface area contributed by atoms with Gasteiger partial charge in [0.2, 0.25) is 0 Å². The fourth-order valence-electron chi connectivity index (χ4n) is 2.15. The smallest absolute Gasteiger partial charge is 0.0301 e. The van der Waals surface area contributed by atoms with Crippen LogP contribution in [-0.4, -0.2) is 55.1 Å². The second kappa shape index (κ2) is 4.60. The molecule has 2 unspecified atom stereocenters. The highest BCUT2D eigenvalue weighted by Crippen LogP contribution is 2.24. The lowest BCUT2D eigenvalue weighted by atomic mass is 9.97. The lowest BCUT2D eigenvalue weighted by molar-refractivity contribution is 0.127. The molecule has 0 aromatic carbocycles. The van der Waals surface area contributed by atoms with Crippen molar-refractivity contribution in [1.29, 1.82) is 0 Å². The van der Waals surface area contributed by atoms with Gasteiger partial charge in [0.1, 0.15) is 0 Å². The zero-order chi connectivity index (χ0) is 10.8.